The van der Waals surface area contributed by atoms with Crippen molar-refractivity contribution in [3.63, 3.8) is 0 Å². The molecule has 0 aromatic heterocycles. The average Bonchev–Trinajstić information content (AvgIpc) is 2.28. The summed E-state index contributed by atoms with van der Waals surface area (Å²) in [5.74, 6) is 0. The molecule has 0 saturated heterocycles. The van der Waals surface area contributed by atoms with Crippen LogP contribution in [-0.4, -0.2) is 17.5 Å². The van der Waals surface area contributed by atoms with Gasteiger partial charge in [0.1, 0.15) is 10.7 Å². The number of hydrogen-bond acceptors (Lipinski definition) is 4. The predicted molar refractivity (Wildman–Crippen MR) is 69.5 cm³/mol. The number of benzene rings is 1. The molecule has 17 heavy (non-hydrogen) atoms. The Hall–Kier alpha value is -1.33. The Balaban J connectivity index is 2.97. The molecule has 0 heterocycles. The summed E-state index contributed by atoms with van der Waals surface area (Å²) in [5.41, 5.74) is 5.93. The molecule has 0 aliphatic rings. The Morgan fingerprint density at radius 3 is 2.82 bits per heavy atom. The van der Waals surface area contributed by atoms with Gasteiger partial charge in [0.2, 0.25) is 0 Å². The average molecular weight is 258 g/mol. The highest BCUT2D eigenvalue weighted by Crippen LogP contribution is 2.32. The molecular formula is C11H16ClN3O2. The molecule has 0 spiro atoms. The third-order valence-corrected chi connectivity index (χ3v) is 2.76. The first kappa shape index (κ1) is 13.7. The SMILES string of the molecule is CCCC(CN)Nc1cccc(Cl)c1[N+](=O)[O-]. The molecule has 0 aliphatic carbocycles. The highest BCUT2D eigenvalue weighted by molar-refractivity contribution is 6.33. The van der Waals surface area contributed by atoms with Crippen molar-refractivity contribution >= 4 is 23.0 Å². The molecule has 0 aliphatic heterocycles. The Kier molecular flexibility index (Phi) is 5.18. The standard InChI is InChI=1S/C11H16ClN3O2/c1-2-4-8(7-13)14-10-6-3-5-9(12)11(10)15(16)17/h3,5-6,8,14H,2,4,7,13H2,1H3. The Morgan fingerprint density at radius 2 is 2.29 bits per heavy atom. The molecule has 1 aromatic rings. The Bertz CT molecular complexity index is 398. The van der Waals surface area contributed by atoms with Crippen LogP contribution in [0.25, 0.3) is 0 Å². The van der Waals surface area contributed by atoms with Crippen LogP contribution in [0.15, 0.2) is 18.2 Å². The number of nitro benzene ring substituents is 1. The highest BCUT2D eigenvalue weighted by atomic mass is 35.5. The van der Waals surface area contributed by atoms with E-state index in [1.165, 1.54) is 6.07 Å². The van der Waals surface area contributed by atoms with Gasteiger partial charge in [-0.1, -0.05) is 31.0 Å². The van der Waals surface area contributed by atoms with Crippen LogP contribution in [0.5, 0.6) is 0 Å². The fourth-order valence-electron chi connectivity index (χ4n) is 1.63. The van der Waals surface area contributed by atoms with Crippen molar-refractivity contribution in [2.24, 2.45) is 5.73 Å². The van der Waals surface area contributed by atoms with E-state index in [0.717, 1.165) is 12.8 Å². The maximum atomic E-state index is 10.9. The second kappa shape index (κ2) is 6.42. The fraction of sp³-hybridized carbons (Fsp3) is 0.455. The number of halogens is 1. The van der Waals surface area contributed by atoms with Gasteiger partial charge in [0, 0.05) is 12.6 Å². The molecule has 1 atom stereocenters. The number of hydrogen-bond donors (Lipinski definition) is 2. The van der Waals surface area contributed by atoms with Gasteiger partial charge in [-0.15, -0.1) is 0 Å². The van der Waals surface area contributed by atoms with Gasteiger partial charge in [0.25, 0.3) is 0 Å². The molecule has 5 nitrogen and oxygen atoms in total. The summed E-state index contributed by atoms with van der Waals surface area (Å²) in [6.07, 6.45) is 1.82. The Morgan fingerprint density at radius 1 is 1.59 bits per heavy atom. The summed E-state index contributed by atoms with van der Waals surface area (Å²) < 4.78 is 0. The van der Waals surface area contributed by atoms with E-state index in [4.69, 9.17) is 17.3 Å². The van der Waals surface area contributed by atoms with E-state index >= 15 is 0 Å². The summed E-state index contributed by atoms with van der Waals surface area (Å²) in [7, 11) is 0. The van der Waals surface area contributed by atoms with E-state index in [1.807, 2.05) is 6.92 Å². The van der Waals surface area contributed by atoms with Gasteiger partial charge in [0.15, 0.2) is 0 Å². The van der Waals surface area contributed by atoms with Gasteiger partial charge in [-0.25, -0.2) is 0 Å². The molecule has 3 N–H and O–H groups in total. The highest BCUT2D eigenvalue weighted by Gasteiger charge is 2.19. The van der Waals surface area contributed by atoms with Crippen molar-refractivity contribution in [1.82, 2.24) is 0 Å². The first-order valence-electron chi connectivity index (χ1n) is 5.49. The summed E-state index contributed by atoms with van der Waals surface area (Å²) in [6, 6.07) is 4.85. The minimum Gasteiger partial charge on any atom is -0.375 e. The van der Waals surface area contributed by atoms with Crippen LogP contribution in [-0.2, 0) is 0 Å². The van der Waals surface area contributed by atoms with E-state index < -0.39 is 4.92 Å². The van der Waals surface area contributed by atoms with E-state index in [9.17, 15) is 10.1 Å². The van der Waals surface area contributed by atoms with Gasteiger partial charge in [-0.05, 0) is 18.6 Å². The zero-order valence-corrected chi connectivity index (χ0v) is 10.4. The van der Waals surface area contributed by atoms with Crippen molar-refractivity contribution in [1.29, 1.82) is 0 Å². The smallest absolute Gasteiger partial charge is 0.310 e. The molecule has 0 bridgehead atoms. The first-order valence-corrected chi connectivity index (χ1v) is 5.87. The molecule has 0 saturated carbocycles. The molecule has 0 amide bonds. The van der Waals surface area contributed by atoms with E-state index in [0.29, 0.717) is 12.2 Å². The predicted octanol–water partition coefficient (Wildman–Crippen LogP) is 2.79. The zero-order valence-electron chi connectivity index (χ0n) is 9.65. The van der Waals surface area contributed by atoms with Crippen LogP contribution in [0.4, 0.5) is 11.4 Å². The summed E-state index contributed by atoms with van der Waals surface area (Å²) in [6.45, 7) is 2.47. The van der Waals surface area contributed by atoms with Gasteiger partial charge in [-0.2, -0.15) is 0 Å². The minimum absolute atomic E-state index is 0.0252. The van der Waals surface area contributed by atoms with Crippen molar-refractivity contribution in [3.8, 4) is 0 Å². The summed E-state index contributed by atoms with van der Waals surface area (Å²) in [5, 5.41) is 14.1. The lowest BCUT2D eigenvalue weighted by molar-refractivity contribution is -0.383. The van der Waals surface area contributed by atoms with Crippen LogP contribution >= 0.6 is 11.6 Å². The van der Waals surface area contributed by atoms with Crippen molar-refractivity contribution < 1.29 is 4.92 Å². The number of anilines is 1. The van der Waals surface area contributed by atoms with Crippen LogP contribution in [0.3, 0.4) is 0 Å². The number of para-hydroxylation sites is 1. The monoisotopic (exact) mass is 257 g/mol. The van der Waals surface area contributed by atoms with Crippen LogP contribution in [0.1, 0.15) is 19.8 Å². The number of nitrogens with one attached hydrogen (secondary N) is 1. The van der Waals surface area contributed by atoms with E-state index in [1.54, 1.807) is 12.1 Å². The zero-order chi connectivity index (χ0) is 12.8. The third-order valence-electron chi connectivity index (χ3n) is 2.45. The van der Waals surface area contributed by atoms with Crippen LogP contribution in [0, 0.1) is 10.1 Å². The summed E-state index contributed by atoms with van der Waals surface area (Å²) >= 11 is 5.82. The quantitative estimate of drug-likeness (QED) is 0.606. The third kappa shape index (κ3) is 3.57. The van der Waals surface area contributed by atoms with Gasteiger partial charge in [0.05, 0.1) is 4.92 Å². The van der Waals surface area contributed by atoms with E-state index in [-0.39, 0.29) is 16.8 Å². The molecule has 1 unspecified atom stereocenters. The lowest BCUT2D eigenvalue weighted by Crippen LogP contribution is -2.28. The number of nitrogens with two attached hydrogens (primary N) is 1. The number of nitro groups is 1. The van der Waals surface area contributed by atoms with Gasteiger partial charge in [-0.3, -0.25) is 10.1 Å². The molecule has 1 rings (SSSR count). The first-order chi connectivity index (χ1) is 8.10. The van der Waals surface area contributed by atoms with Crippen LogP contribution in [0.2, 0.25) is 5.02 Å². The topological polar surface area (TPSA) is 81.2 Å². The lowest BCUT2D eigenvalue weighted by Gasteiger charge is -2.17. The van der Waals surface area contributed by atoms with Gasteiger partial charge < -0.3 is 11.1 Å². The lowest BCUT2D eigenvalue weighted by atomic mass is 10.1. The normalized spacial score (nSPS) is 12.2. The molecular weight excluding hydrogens is 242 g/mol. The van der Waals surface area contributed by atoms with Crippen molar-refractivity contribution in [2.45, 2.75) is 25.8 Å². The largest absolute Gasteiger partial charge is 0.375 e. The number of rotatable bonds is 6. The maximum absolute atomic E-state index is 10.9. The Labute approximate surface area is 105 Å². The molecule has 6 heteroatoms. The fourth-order valence-corrected chi connectivity index (χ4v) is 1.88. The van der Waals surface area contributed by atoms with Gasteiger partial charge >= 0.3 is 5.69 Å². The molecule has 1 aromatic carbocycles. The maximum Gasteiger partial charge on any atom is 0.310 e. The van der Waals surface area contributed by atoms with Crippen LogP contribution < -0.4 is 11.1 Å². The van der Waals surface area contributed by atoms with Crippen molar-refractivity contribution in [3.05, 3.63) is 33.3 Å². The van der Waals surface area contributed by atoms with E-state index in [2.05, 4.69) is 5.32 Å². The second-order valence-corrected chi connectivity index (χ2v) is 4.17. The molecule has 0 fully saturated rings. The number of nitrogens with zero attached hydrogens (tertiary/aromatic N) is 1. The minimum atomic E-state index is -0.482. The van der Waals surface area contributed by atoms with Crippen molar-refractivity contribution in [2.75, 3.05) is 11.9 Å². The second-order valence-electron chi connectivity index (χ2n) is 3.76. The summed E-state index contributed by atoms with van der Waals surface area (Å²) in [4.78, 5) is 10.4. The molecule has 94 valence electrons. The molecule has 0 radical (unpaired) electrons.